The first-order valence-electron chi connectivity index (χ1n) is 7.23. The van der Waals surface area contributed by atoms with Crippen LogP contribution in [0.4, 0.5) is 0 Å². The van der Waals surface area contributed by atoms with Gasteiger partial charge in [-0.2, -0.15) is 0 Å². The standard InChI is InChI=1S/C17H14ClN3O3/c18-14-3-1-11(2-4-14)10-24-15(22)9-21-17(23)13-7-12-5-6-19-16(12)20-8-13/h1-8H,9-10H2,(H,19,20)(H,21,23). The Kier molecular flexibility index (Phi) is 4.77. The van der Waals surface area contributed by atoms with E-state index in [4.69, 9.17) is 16.3 Å². The van der Waals surface area contributed by atoms with Crippen LogP contribution in [-0.4, -0.2) is 28.4 Å². The maximum absolute atomic E-state index is 12.0. The van der Waals surface area contributed by atoms with Gasteiger partial charge in [-0.3, -0.25) is 9.59 Å². The molecule has 1 amide bonds. The van der Waals surface area contributed by atoms with Crippen LogP contribution < -0.4 is 5.32 Å². The number of H-pyrrole nitrogens is 1. The summed E-state index contributed by atoms with van der Waals surface area (Å²) in [6.45, 7) is -0.0830. The number of rotatable bonds is 5. The van der Waals surface area contributed by atoms with Crippen molar-refractivity contribution in [2.24, 2.45) is 0 Å². The van der Waals surface area contributed by atoms with Gasteiger partial charge in [-0.1, -0.05) is 23.7 Å². The largest absolute Gasteiger partial charge is 0.460 e. The molecule has 0 saturated heterocycles. The van der Waals surface area contributed by atoms with Gasteiger partial charge in [0.2, 0.25) is 0 Å². The van der Waals surface area contributed by atoms with Crippen LogP contribution in [0.3, 0.4) is 0 Å². The lowest BCUT2D eigenvalue weighted by atomic mass is 10.2. The van der Waals surface area contributed by atoms with Gasteiger partial charge in [-0.15, -0.1) is 0 Å². The van der Waals surface area contributed by atoms with E-state index >= 15 is 0 Å². The van der Waals surface area contributed by atoms with Crippen LogP contribution in [0, 0.1) is 0 Å². The molecule has 0 spiro atoms. The van der Waals surface area contributed by atoms with E-state index in [2.05, 4.69) is 15.3 Å². The average Bonchev–Trinajstić information content (AvgIpc) is 3.06. The third kappa shape index (κ3) is 3.91. The molecule has 0 radical (unpaired) electrons. The lowest BCUT2D eigenvalue weighted by Crippen LogP contribution is -2.30. The zero-order valence-corrected chi connectivity index (χ0v) is 13.3. The third-order valence-electron chi connectivity index (χ3n) is 3.37. The molecule has 7 heteroatoms. The molecule has 0 atom stereocenters. The molecule has 0 unspecified atom stereocenters. The van der Waals surface area contributed by atoms with Crippen LogP contribution in [0.1, 0.15) is 15.9 Å². The summed E-state index contributed by atoms with van der Waals surface area (Å²) in [6.07, 6.45) is 3.20. The van der Waals surface area contributed by atoms with Crippen LogP contribution in [0.25, 0.3) is 11.0 Å². The first-order chi connectivity index (χ1) is 11.6. The summed E-state index contributed by atoms with van der Waals surface area (Å²) >= 11 is 5.78. The molecule has 2 N–H and O–H groups in total. The van der Waals surface area contributed by atoms with E-state index in [0.29, 0.717) is 16.2 Å². The second kappa shape index (κ2) is 7.14. The van der Waals surface area contributed by atoms with Crippen LogP contribution in [0.2, 0.25) is 5.02 Å². The molecular formula is C17H14ClN3O3. The molecule has 0 aliphatic heterocycles. The molecule has 0 saturated carbocycles. The second-order valence-corrected chi connectivity index (χ2v) is 5.55. The number of hydrogen-bond acceptors (Lipinski definition) is 4. The highest BCUT2D eigenvalue weighted by atomic mass is 35.5. The number of carbonyl (C=O) groups is 2. The highest BCUT2D eigenvalue weighted by molar-refractivity contribution is 6.30. The fourth-order valence-electron chi connectivity index (χ4n) is 2.11. The minimum absolute atomic E-state index is 0.128. The smallest absolute Gasteiger partial charge is 0.325 e. The number of nitrogens with zero attached hydrogens (tertiary/aromatic N) is 1. The quantitative estimate of drug-likeness (QED) is 0.698. The van der Waals surface area contributed by atoms with Gasteiger partial charge in [-0.05, 0) is 29.8 Å². The van der Waals surface area contributed by atoms with Gasteiger partial charge in [0, 0.05) is 22.8 Å². The number of carbonyl (C=O) groups excluding carboxylic acids is 2. The number of esters is 1. The summed E-state index contributed by atoms with van der Waals surface area (Å²) in [6, 6.07) is 10.5. The molecular weight excluding hydrogens is 330 g/mol. The summed E-state index contributed by atoms with van der Waals surface area (Å²) in [5.74, 6) is -0.900. The van der Waals surface area contributed by atoms with Crippen molar-refractivity contribution >= 4 is 34.5 Å². The molecule has 0 aliphatic rings. The van der Waals surface area contributed by atoms with Crippen molar-refractivity contribution in [3.05, 3.63) is 64.9 Å². The zero-order chi connectivity index (χ0) is 16.9. The topological polar surface area (TPSA) is 84.1 Å². The predicted molar refractivity (Wildman–Crippen MR) is 89.7 cm³/mol. The van der Waals surface area contributed by atoms with Gasteiger partial charge in [0.25, 0.3) is 5.91 Å². The normalized spacial score (nSPS) is 10.5. The summed E-state index contributed by atoms with van der Waals surface area (Å²) in [5.41, 5.74) is 1.91. The van der Waals surface area contributed by atoms with Crippen molar-refractivity contribution in [2.45, 2.75) is 6.61 Å². The van der Waals surface area contributed by atoms with E-state index in [1.165, 1.54) is 6.20 Å². The minimum atomic E-state index is -0.519. The van der Waals surface area contributed by atoms with Gasteiger partial charge in [0.05, 0.1) is 5.56 Å². The number of fused-ring (bicyclic) bond motifs is 1. The Morgan fingerprint density at radius 3 is 2.79 bits per heavy atom. The SMILES string of the molecule is O=C(CNC(=O)c1cnc2[nH]ccc2c1)OCc1ccc(Cl)cc1. The Balaban J connectivity index is 1.49. The highest BCUT2D eigenvalue weighted by Gasteiger charge is 2.10. The van der Waals surface area contributed by atoms with Crippen LogP contribution >= 0.6 is 11.6 Å². The number of hydrogen-bond donors (Lipinski definition) is 2. The second-order valence-electron chi connectivity index (χ2n) is 5.11. The maximum atomic E-state index is 12.0. The number of aromatic amines is 1. The van der Waals surface area contributed by atoms with Crippen LogP contribution in [0.15, 0.2) is 48.8 Å². The summed E-state index contributed by atoms with van der Waals surface area (Å²) in [5, 5.41) is 3.96. The third-order valence-corrected chi connectivity index (χ3v) is 3.62. The van der Waals surface area contributed by atoms with Crippen LogP contribution in [0.5, 0.6) is 0 Å². The van der Waals surface area contributed by atoms with Crippen molar-refractivity contribution in [3.63, 3.8) is 0 Å². The van der Waals surface area contributed by atoms with E-state index in [1.807, 2.05) is 6.07 Å². The van der Waals surface area contributed by atoms with Gasteiger partial charge in [0.15, 0.2) is 0 Å². The Bertz CT molecular complexity index is 874. The number of pyridine rings is 1. The molecule has 0 fully saturated rings. The lowest BCUT2D eigenvalue weighted by molar-refractivity contribution is -0.143. The highest BCUT2D eigenvalue weighted by Crippen LogP contribution is 2.11. The number of benzene rings is 1. The number of ether oxygens (including phenoxy) is 1. The zero-order valence-electron chi connectivity index (χ0n) is 12.6. The first-order valence-corrected chi connectivity index (χ1v) is 7.61. The summed E-state index contributed by atoms with van der Waals surface area (Å²) in [7, 11) is 0. The molecule has 6 nitrogen and oxygen atoms in total. The molecule has 24 heavy (non-hydrogen) atoms. The predicted octanol–water partition coefficient (Wildman–Crippen LogP) is 2.69. The van der Waals surface area contributed by atoms with E-state index in [1.54, 1.807) is 36.5 Å². The molecule has 3 rings (SSSR count). The van der Waals surface area contributed by atoms with Gasteiger partial charge >= 0.3 is 5.97 Å². The van der Waals surface area contributed by atoms with Crippen molar-refractivity contribution < 1.29 is 14.3 Å². The van der Waals surface area contributed by atoms with Crippen LogP contribution in [-0.2, 0) is 16.1 Å². The average molecular weight is 344 g/mol. The molecule has 3 aromatic rings. The minimum Gasteiger partial charge on any atom is -0.460 e. The Morgan fingerprint density at radius 2 is 2.00 bits per heavy atom. The number of nitrogens with one attached hydrogen (secondary N) is 2. The molecule has 0 bridgehead atoms. The monoisotopic (exact) mass is 343 g/mol. The van der Waals surface area contributed by atoms with E-state index < -0.39 is 5.97 Å². The summed E-state index contributed by atoms with van der Waals surface area (Å²) < 4.78 is 5.09. The molecule has 122 valence electrons. The Hall–Kier alpha value is -2.86. The number of amides is 1. The van der Waals surface area contributed by atoms with E-state index in [-0.39, 0.29) is 19.1 Å². The van der Waals surface area contributed by atoms with Crippen molar-refractivity contribution in [1.82, 2.24) is 15.3 Å². The van der Waals surface area contributed by atoms with Crippen molar-refractivity contribution in [2.75, 3.05) is 6.54 Å². The maximum Gasteiger partial charge on any atom is 0.325 e. The number of halogens is 1. The number of aromatic nitrogens is 2. The fraction of sp³-hybridized carbons (Fsp3) is 0.118. The van der Waals surface area contributed by atoms with Crippen molar-refractivity contribution in [3.8, 4) is 0 Å². The Morgan fingerprint density at radius 1 is 1.21 bits per heavy atom. The lowest BCUT2D eigenvalue weighted by Gasteiger charge is -2.07. The molecule has 2 aromatic heterocycles. The molecule has 2 heterocycles. The Labute approximate surface area is 142 Å². The van der Waals surface area contributed by atoms with Crippen molar-refractivity contribution in [1.29, 1.82) is 0 Å². The van der Waals surface area contributed by atoms with Gasteiger partial charge in [-0.25, -0.2) is 4.98 Å². The molecule has 0 aliphatic carbocycles. The fourth-order valence-corrected chi connectivity index (χ4v) is 2.24. The van der Waals surface area contributed by atoms with Gasteiger partial charge in [0.1, 0.15) is 18.8 Å². The first kappa shape index (κ1) is 16.0. The van der Waals surface area contributed by atoms with E-state index in [0.717, 1.165) is 10.9 Å². The van der Waals surface area contributed by atoms with E-state index in [9.17, 15) is 9.59 Å². The summed E-state index contributed by atoms with van der Waals surface area (Å²) in [4.78, 5) is 30.8. The van der Waals surface area contributed by atoms with Gasteiger partial charge < -0.3 is 15.0 Å². The molecule has 1 aromatic carbocycles.